The molecule has 1 amide bonds. The van der Waals surface area contributed by atoms with Crippen LogP contribution in [0.5, 0.6) is 5.75 Å². The molecule has 1 aliphatic rings. The number of ether oxygens (including phenoxy) is 3. The van der Waals surface area contributed by atoms with Gasteiger partial charge in [0.05, 0.1) is 18.8 Å². The van der Waals surface area contributed by atoms with Crippen molar-refractivity contribution in [2.45, 2.75) is 52.4 Å². The molecule has 5 heteroatoms. The molecule has 24 heavy (non-hydrogen) atoms. The van der Waals surface area contributed by atoms with E-state index in [1.165, 1.54) is 0 Å². The highest BCUT2D eigenvalue weighted by molar-refractivity contribution is 5.94. The fourth-order valence-corrected chi connectivity index (χ4v) is 2.90. The topological polar surface area (TPSA) is 56.8 Å². The molecule has 0 aromatic heterocycles. The summed E-state index contributed by atoms with van der Waals surface area (Å²) in [7, 11) is 1.63. The molecular weight excluding hydrogens is 306 g/mol. The van der Waals surface area contributed by atoms with Crippen LogP contribution in [0, 0.1) is 5.41 Å². The van der Waals surface area contributed by atoms with Gasteiger partial charge in [0.1, 0.15) is 12.4 Å². The van der Waals surface area contributed by atoms with Gasteiger partial charge in [0.15, 0.2) is 0 Å². The Hall–Kier alpha value is -1.59. The van der Waals surface area contributed by atoms with Gasteiger partial charge < -0.3 is 19.5 Å². The number of carbonyl (C=O) groups is 1. The molecule has 0 unspecified atom stereocenters. The molecule has 2 rings (SSSR count). The zero-order chi connectivity index (χ0) is 17.7. The third kappa shape index (κ3) is 4.48. The van der Waals surface area contributed by atoms with Crippen LogP contribution in [0.2, 0.25) is 0 Å². The van der Waals surface area contributed by atoms with Gasteiger partial charge in [-0.05, 0) is 38.5 Å². The van der Waals surface area contributed by atoms with Crippen molar-refractivity contribution in [3.63, 3.8) is 0 Å². The van der Waals surface area contributed by atoms with Gasteiger partial charge in [-0.25, -0.2) is 0 Å². The van der Waals surface area contributed by atoms with E-state index in [4.69, 9.17) is 14.2 Å². The Labute approximate surface area is 144 Å². The van der Waals surface area contributed by atoms with Crippen molar-refractivity contribution in [1.29, 1.82) is 0 Å². The minimum absolute atomic E-state index is 0.0630. The fraction of sp³-hybridized carbons (Fsp3) is 0.632. The van der Waals surface area contributed by atoms with Crippen LogP contribution in [-0.2, 0) is 9.47 Å². The lowest BCUT2D eigenvalue weighted by atomic mass is 9.64. The molecule has 0 bridgehead atoms. The summed E-state index contributed by atoms with van der Waals surface area (Å²) in [5.41, 5.74) is 0.543. The zero-order valence-corrected chi connectivity index (χ0v) is 15.3. The molecular formula is C19H29NO4. The number of hydrogen-bond acceptors (Lipinski definition) is 4. The maximum atomic E-state index is 12.5. The quantitative estimate of drug-likeness (QED) is 0.742. The highest BCUT2D eigenvalue weighted by Crippen LogP contribution is 2.43. The molecule has 134 valence electrons. The number of benzene rings is 1. The lowest BCUT2D eigenvalue weighted by Gasteiger charge is -2.52. The van der Waals surface area contributed by atoms with Gasteiger partial charge in [-0.3, -0.25) is 4.79 Å². The summed E-state index contributed by atoms with van der Waals surface area (Å²) in [4.78, 5) is 12.5. The molecule has 1 aromatic carbocycles. The van der Waals surface area contributed by atoms with Crippen molar-refractivity contribution in [1.82, 2.24) is 5.32 Å². The van der Waals surface area contributed by atoms with Crippen molar-refractivity contribution in [3.05, 3.63) is 29.8 Å². The molecule has 1 aromatic rings. The molecule has 1 aliphatic carbocycles. The standard InChI is InChI=1S/C19H29NO4/c1-13(2)24-17-12-16(19(17,3)4)20-18(21)14-7-6-8-15(11-14)23-10-9-22-5/h6-8,11,13,16-17H,9-10,12H2,1-5H3,(H,20,21)/t16-,17+/m1/s1. The smallest absolute Gasteiger partial charge is 0.251 e. The van der Waals surface area contributed by atoms with E-state index in [0.717, 1.165) is 6.42 Å². The molecule has 5 nitrogen and oxygen atoms in total. The summed E-state index contributed by atoms with van der Waals surface area (Å²) >= 11 is 0. The lowest BCUT2D eigenvalue weighted by Crippen LogP contribution is -2.62. The highest BCUT2D eigenvalue weighted by atomic mass is 16.5. The third-order valence-corrected chi connectivity index (χ3v) is 4.57. The first kappa shape index (κ1) is 18.7. The van der Waals surface area contributed by atoms with Gasteiger partial charge in [-0.15, -0.1) is 0 Å². The first-order valence-electron chi connectivity index (χ1n) is 8.52. The number of rotatable bonds is 8. The van der Waals surface area contributed by atoms with E-state index in [0.29, 0.717) is 24.5 Å². The Morgan fingerprint density at radius 3 is 2.71 bits per heavy atom. The monoisotopic (exact) mass is 335 g/mol. The summed E-state index contributed by atoms with van der Waals surface area (Å²) in [5.74, 6) is 0.599. The van der Waals surface area contributed by atoms with Crippen molar-refractivity contribution < 1.29 is 19.0 Å². The summed E-state index contributed by atoms with van der Waals surface area (Å²) in [6.45, 7) is 9.33. The van der Waals surface area contributed by atoms with Gasteiger partial charge in [0.25, 0.3) is 5.91 Å². The molecule has 0 saturated heterocycles. The van der Waals surface area contributed by atoms with Crippen LogP contribution in [0.1, 0.15) is 44.5 Å². The largest absolute Gasteiger partial charge is 0.491 e. The SMILES string of the molecule is COCCOc1cccc(C(=O)N[C@@H]2C[C@H](OC(C)C)C2(C)C)c1. The number of nitrogens with one attached hydrogen (secondary N) is 1. The Balaban J connectivity index is 1.92. The summed E-state index contributed by atoms with van der Waals surface area (Å²) in [6, 6.07) is 7.34. The van der Waals surface area contributed by atoms with E-state index in [2.05, 4.69) is 19.2 Å². The Bertz CT molecular complexity index is 556. The lowest BCUT2D eigenvalue weighted by molar-refractivity contribution is -0.136. The van der Waals surface area contributed by atoms with E-state index >= 15 is 0 Å². The number of methoxy groups -OCH3 is 1. The van der Waals surface area contributed by atoms with Crippen LogP contribution in [0.3, 0.4) is 0 Å². The number of hydrogen-bond donors (Lipinski definition) is 1. The predicted octanol–water partition coefficient (Wildman–Crippen LogP) is 3.03. The normalized spacial score (nSPS) is 22.1. The van der Waals surface area contributed by atoms with E-state index < -0.39 is 0 Å². The average molecular weight is 335 g/mol. The van der Waals surface area contributed by atoms with Crippen LogP contribution in [0.4, 0.5) is 0 Å². The van der Waals surface area contributed by atoms with Crippen LogP contribution in [-0.4, -0.2) is 44.5 Å². The fourth-order valence-electron chi connectivity index (χ4n) is 2.90. The molecule has 1 N–H and O–H groups in total. The van der Waals surface area contributed by atoms with Crippen molar-refractivity contribution >= 4 is 5.91 Å². The molecule has 0 radical (unpaired) electrons. The second kappa shape index (κ2) is 7.99. The van der Waals surface area contributed by atoms with Gasteiger partial charge in [0.2, 0.25) is 0 Å². The van der Waals surface area contributed by atoms with Crippen molar-refractivity contribution in [2.24, 2.45) is 5.41 Å². The van der Waals surface area contributed by atoms with Gasteiger partial charge in [0, 0.05) is 24.1 Å². The second-order valence-corrected chi connectivity index (χ2v) is 7.13. The zero-order valence-electron chi connectivity index (χ0n) is 15.3. The van der Waals surface area contributed by atoms with E-state index in [1.54, 1.807) is 19.2 Å². The molecule has 0 heterocycles. The van der Waals surface area contributed by atoms with Crippen LogP contribution in [0.25, 0.3) is 0 Å². The highest BCUT2D eigenvalue weighted by Gasteiger charge is 2.50. The van der Waals surface area contributed by atoms with Crippen LogP contribution < -0.4 is 10.1 Å². The summed E-state index contributed by atoms with van der Waals surface area (Å²) in [5, 5.41) is 3.12. The molecule has 0 spiro atoms. The third-order valence-electron chi connectivity index (χ3n) is 4.57. The first-order chi connectivity index (χ1) is 11.3. The van der Waals surface area contributed by atoms with E-state index in [-0.39, 0.29) is 29.6 Å². The van der Waals surface area contributed by atoms with Gasteiger partial charge in [-0.1, -0.05) is 19.9 Å². The maximum Gasteiger partial charge on any atom is 0.251 e. The minimum atomic E-state index is -0.0757. The summed E-state index contributed by atoms with van der Waals surface area (Å²) < 4.78 is 16.4. The number of carbonyl (C=O) groups excluding carboxylic acids is 1. The van der Waals surface area contributed by atoms with Crippen molar-refractivity contribution in [3.8, 4) is 5.75 Å². The molecule has 2 atom stereocenters. The molecule has 1 saturated carbocycles. The van der Waals surface area contributed by atoms with Crippen molar-refractivity contribution in [2.75, 3.05) is 20.3 Å². The predicted molar refractivity (Wildman–Crippen MR) is 93.5 cm³/mol. The van der Waals surface area contributed by atoms with Crippen LogP contribution >= 0.6 is 0 Å². The van der Waals surface area contributed by atoms with Gasteiger partial charge in [-0.2, -0.15) is 0 Å². The Morgan fingerprint density at radius 2 is 2.08 bits per heavy atom. The summed E-state index contributed by atoms with van der Waals surface area (Å²) in [6.07, 6.45) is 1.24. The first-order valence-corrected chi connectivity index (χ1v) is 8.52. The molecule has 0 aliphatic heterocycles. The van der Waals surface area contributed by atoms with Crippen LogP contribution in [0.15, 0.2) is 24.3 Å². The molecule has 1 fully saturated rings. The number of amides is 1. The van der Waals surface area contributed by atoms with E-state index in [1.807, 2.05) is 26.0 Å². The minimum Gasteiger partial charge on any atom is -0.491 e. The average Bonchev–Trinajstić information content (AvgIpc) is 2.54. The van der Waals surface area contributed by atoms with Gasteiger partial charge >= 0.3 is 0 Å². The Kier molecular flexibility index (Phi) is 6.24. The Morgan fingerprint density at radius 1 is 1.33 bits per heavy atom. The maximum absolute atomic E-state index is 12.5. The van der Waals surface area contributed by atoms with E-state index in [9.17, 15) is 4.79 Å². The second-order valence-electron chi connectivity index (χ2n) is 7.13.